The van der Waals surface area contributed by atoms with Gasteiger partial charge in [0.05, 0.1) is 11.5 Å². The molecule has 0 aliphatic carbocycles. The molecule has 0 fully saturated rings. The number of rotatable bonds is 8. The molecule has 0 unspecified atom stereocenters. The minimum Gasteiger partial charge on any atom is -0.354 e. The molecule has 1 aromatic carbocycles. The number of likely N-dealkylation sites (N-methyl/N-ethyl adjacent to an activating group) is 1. The van der Waals surface area contributed by atoms with Crippen molar-refractivity contribution in [1.29, 1.82) is 0 Å². The Morgan fingerprint density at radius 2 is 1.79 bits per heavy atom. The van der Waals surface area contributed by atoms with E-state index in [9.17, 15) is 9.59 Å². The summed E-state index contributed by atoms with van der Waals surface area (Å²) < 4.78 is 0. The van der Waals surface area contributed by atoms with Crippen molar-refractivity contribution in [1.82, 2.24) is 10.6 Å². The van der Waals surface area contributed by atoms with Gasteiger partial charge in [-0.15, -0.1) is 24.2 Å². The van der Waals surface area contributed by atoms with Crippen LogP contribution >= 0.6 is 24.2 Å². The van der Waals surface area contributed by atoms with Crippen LogP contribution in [0.5, 0.6) is 0 Å². The molecule has 0 heterocycles. The van der Waals surface area contributed by atoms with E-state index >= 15 is 0 Å². The molecule has 0 saturated heterocycles. The Bertz CT molecular complexity index is 387. The van der Waals surface area contributed by atoms with Crippen molar-refractivity contribution in [2.45, 2.75) is 0 Å². The van der Waals surface area contributed by atoms with E-state index in [-0.39, 0.29) is 24.1 Å². The third kappa shape index (κ3) is 7.87. The number of amides is 1. The standard InChI is InChI=1S/C13H18N2O2S.ClH/c1-14-7-8-15-13(17)10-18-9-12(16)11-5-3-2-4-6-11;/h2-6,14H,7-10H2,1H3,(H,15,17);1H. The first kappa shape index (κ1) is 18.0. The highest BCUT2D eigenvalue weighted by molar-refractivity contribution is 8.00. The zero-order valence-electron chi connectivity index (χ0n) is 10.8. The van der Waals surface area contributed by atoms with E-state index in [1.807, 2.05) is 25.2 Å². The Morgan fingerprint density at radius 3 is 2.42 bits per heavy atom. The SMILES string of the molecule is CNCCNC(=O)CSCC(=O)c1ccccc1.Cl. The second-order valence-corrected chi connectivity index (χ2v) is 4.72. The molecule has 4 nitrogen and oxygen atoms in total. The first-order valence-electron chi connectivity index (χ1n) is 5.81. The molecule has 0 spiro atoms. The van der Waals surface area contributed by atoms with Gasteiger partial charge < -0.3 is 10.6 Å². The molecular formula is C13H19ClN2O2S. The molecule has 19 heavy (non-hydrogen) atoms. The number of Topliss-reactive ketones (excluding diaryl/α,β-unsaturated/α-hetero) is 1. The van der Waals surface area contributed by atoms with E-state index in [4.69, 9.17) is 0 Å². The lowest BCUT2D eigenvalue weighted by atomic mass is 10.2. The average molecular weight is 303 g/mol. The summed E-state index contributed by atoms with van der Waals surface area (Å²) in [6.45, 7) is 1.36. The molecule has 6 heteroatoms. The predicted octanol–water partition coefficient (Wildman–Crippen LogP) is 1.36. The fourth-order valence-corrected chi connectivity index (χ4v) is 2.06. The smallest absolute Gasteiger partial charge is 0.230 e. The van der Waals surface area contributed by atoms with Crippen molar-refractivity contribution >= 4 is 35.9 Å². The summed E-state index contributed by atoms with van der Waals surface area (Å²) in [6.07, 6.45) is 0. The van der Waals surface area contributed by atoms with Gasteiger partial charge in [-0.25, -0.2) is 0 Å². The Balaban J connectivity index is 0.00000324. The summed E-state index contributed by atoms with van der Waals surface area (Å²) in [7, 11) is 1.83. The fraction of sp³-hybridized carbons (Fsp3) is 0.385. The quantitative estimate of drug-likeness (QED) is 0.562. The molecule has 1 rings (SSSR count). The number of hydrogen-bond acceptors (Lipinski definition) is 4. The van der Waals surface area contributed by atoms with E-state index in [0.717, 1.165) is 6.54 Å². The Morgan fingerprint density at radius 1 is 1.11 bits per heavy atom. The van der Waals surface area contributed by atoms with Gasteiger partial charge >= 0.3 is 0 Å². The van der Waals surface area contributed by atoms with E-state index in [1.165, 1.54) is 11.8 Å². The lowest BCUT2D eigenvalue weighted by Crippen LogP contribution is -2.31. The fourth-order valence-electron chi connectivity index (χ4n) is 1.32. The number of nitrogens with one attached hydrogen (secondary N) is 2. The first-order valence-corrected chi connectivity index (χ1v) is 6.97. The predicted molar refractivity (Wildman–Crippen MR) is 82.3 cm³/mol. The number of halogens is 1. The summed E-state index contributed by atoms with van der Waals surface area (Å²) in [5, 5.41) is 5.71. The summed E-state index contributed by atoms with van der Waals surface area (Å²) in [5.74, 6) is 0.686. The minimum absolute atomic E-state index is 0. The molecule has 0 bridgehead atoms. The molecule has 2 N–H and O–H groups in total. The van der Waals surface area contributed by atoms with Gasteiger partial charge in [0, 0.05) is 18.7 Å². The van der Waals surface area contributed by atoms with Gasteiger partial charge in [-0.05, 0) is 7.05 Å². The van der Waals surface area contributed by atoms with E-state index in [2.05, 4.69) is 10.6 Å². The third-order valence-electron chi connectivity index (χ3n) is 2.26. The van der Waals surface area contributed by atoms with Gasteiger partial charge in [-0.2, -0.15) is 0 Å². The number of thioether (sulfide) groups is 1. The van der Waals surface area contributed by atoms with Crippen LogP contribution in [-0.4, -0.2) is 43.3 Å². The van der Waals surface area contributed by atoms with Gasteiger partial charge in [-0.1, -0.05) is 30.3 Å². The average Bonchev–Trinajstić information content (AvgIpc) is 2.40. The molecular weight excluding hydrogens is 284 g/mol. The second-order valence-electron chi connectivity index (χ2n) is 3.74. The van der Waals surface area contributed by atoms with Gasteiger partial charge in [-0.3, -0.25) is 9.59 Å². The third-order valence-corrected chi connectivity index (χ3v) is 3.19. The normalized spacial score (nSPS) is 9.53. The van der Waals surface area contributed by atoms with E-state index in [0.29, 0.717) is 23.6 Å². The molecule has 0 aliphatic rings. The van der Waals surface area contributed by atoms with Crippen LogP contribution in [-0.2, 0) is 4.79 Å². The number of benzene rings is 1. The number of ketones is 1. The van der Waals surface area contributed by atoms with Crippen molar-refractivity contribution < 1.29 is 9.59 Å². The van der Waals surface area contributed by atoms with Crippen molar-refractivity contribution in [3.63, 3.8) is 0 Å². The van der Waals surface area contributed by atoms with Crippen LogP contribution in [0.3, 0.4) is 0 Å². The monoisotopic (exact) mass is 302 g/mol. The van der Waals surface area contributed by atoms with Gasteiger partial charge in [0.1, 0.15) is 0 Å². The summed E-state index contributed by atoms with van der Waals surface area (Å²) >= 11 is 1.34. The van der Waals surface area contributed by atoms with Crippen molar-refractivity contribution in [2.75, 3.05) is 31.6 Å². The van der Waals surface area contributed by atoms with Crippen molar-refractivity contribution in [3.8, 4) is 0 Å². The highest BCUT2D eigenvalue weighted by atomic mass is 35.5. The maximum absolute atomic E-state index is 11.7. The molecule has 0 aromatic heterocycles. The van der Waals surface area contributed by atoms with Crippen molar-refractivity contribution in [2.24, 2.45) is 0 Å². The minimum atomic E-state index is -0.0314. The highest BCUT2D eigenvalue weighted by Gasteiger charge is 2.07. The molecule has 0 aliphatic heterocycles. The molecule has 1 amide bonds. The molecule has 1 aromatic rings. The Kier molecular flexibility index (Phi) is 10.2. The van der Waals surface area contributed by atoms with Gasteiger partial charge in [0.15, 0.2) is 5.78 Å². The number of carbonyl (C=O) groups is 2. The van der Waals surface area contributed by atoms with Crippen LogP contribution in [0.25, 0.3) is 0 Å². The zero-order valence-corrected chi connectivity index (χ0v) is 12.5. The van der Waals surface area contributed by atoms with Crippen LogP contribution in [0.1, 0.15) is 10.4 Å². The number of carbonyl (C=O) groups excluding carboxylic acids is 2. The molecule has 0 radical (unpaired) electrons. The van der Waals surface area contributed by atoms with Crippen LogP contribution in [0.4, 0.5) is 0 Å². The lowest BCUT2D eigenvalue weighted by Gasteiger charge is -2.04. The van der Waals surface area contributed by atoms with Gasteiger partial charge in [0.2, 0.25) is 5.91 Å². The Hall–Kier alpha value is -1.04. The summed E-state index contributed by atoms with van der Waals surface area (Å²) in [6, 6.07) is 9.12. The van der Waals surface area contributed by atoms with Crippen LogP contribution in [0.15, 0.2) is 30.3 Å². The molecule has 0 atom stereocenters. The zero-order chi connectivity index (χ0) is 13.2. The van der Waals surface area contributed by atoms with Crippen LogP contribution in [0.2, 0.25) is 0 Å². The van der Waals surface area contributed by atoms with Gasteiger partial charge in [0.25, 0.3) is 0 Å². The first-order chi connectivity index (χ1) is 8.74. The number of hydrogen-bond donors (Lipinski definition) is 2. The van der Waals surface area contributed by atoms with Crippen LogP contribution in [0, 0.1) is 0 Å². The topological polar surface area (TPSA) is 58.2 Å². The largest absolute Gasteiger partial charge is 0.354 e. The summed E-state index contributed by atoms with van der Waals surface area (Å²) in [5.41, 5.74) is 0.695. The Labute approximate surface area is 124 Å². The second kappa shape index (κ2) is 10.8. The lowest BCUT2D eigenvalue weighted by molar-refractivity contribution is -0.118. The molecule has 0 saturated carbocycles. The maximum atomic E-state index is 11.7. The summed E-state index contributed by atoms with van der Waals surface area (Å²) in [4.78, 5) is 23.1. The van der Waals surface area contributed by atoms with E-state index in [1.54, 1.807) is 12.1 Å². The molecule has 106 valence electrons. The van der Waals surface area contributed by atoms with E-state index < -0.39 is 0 Å². The van der Waals surface area contributed by atoms with Crippen molar-refractivity contribution in [3.05, 3.63) is 35.9 Å². The van der Waals surface area contributed by atoms with Crippen LogP contribution < -0.4 is 10.6 Å². The maximum Gasteiger partial charge on any atom is 0.230 e. The highest BCUT2D eigenvalue weighted by Crippen LogP contribution is 2.06.